The van der Waals surface area contributed by atoms with Crippen molar-refractivity contribution in [3.63, 3.8) is 0 Å². The molecule has 0 aliphatic rings. The monoisotopic (exact) mass is 480 g/mol. The zero-order valence-corrected chi connectivity index (χ0v) is 19.4. The number of nitrogens with zero attached hydrogens (tertiary/aromatic N) is 4. The number of nitro benzene ring substituents is 1. The van der Waals surface area contributed by atoms with E-state index in [9.17, 15) is 19.7 Å². The molecule has 1 aromatic heterocycles. The lowest BCUT2D eigenvalue weighted by Crippen LogP contribution is -2.19. The van der Waals surface area contributed by atoms with Crippen LogP contribution >= 0.6 is 11.8 Å². The molecule has 0 fully saturated rings. The number of amides is 2. The van der Waals surface area contributed by atoms with Gasteiger partial charge in [-0.2, -0.15) is 0 Å². The molecule has 10 nitrogen and oxygen atoms in total. The van der Waals surface area contributed by atoms with Crippen LogP contribution in [0.4, 0.5) is 17.1 Å². The number of aryl methyl sites for hydroxylation is 1. The van der Waals surface area contributed by atoms with Gasteiger partial charge in [0.25, 0.3) is 5.69 Å². The van der Waals surface area contributed by atoms with E-state index in [2.05, 4.69) is 27.4 Å². The lowest BCUT2D eigenvalue weighted by molar-refractivity contribution is -0.384. The van der Waals surface area contributed by atoms with Crippen LogP contribution in [-0.2, 0) is 29.0 Å². The summed E-state index contributed by atoms with van der Waals surface area (Å²) in [5.41, 5.74) is 2.20. The van der Waals surface area contributed by atoms with Crippen LogP contribution < -0.4 is 10.6 Å². The van der Waals surface area contributed by atoms with Gasteiger partial charge in [-0.1, -0.05) is 43.0 Å². The summed E-state index contributed by atoms with van der Waals surface area (Å²) in [7, 11) is 0. The summed E-state index contributed by atoms with van der Waals surface area (Å²) in [6.45, 7) is 6.15. The molecule has 2 amide bonds. The molecule has 176 valence electrons. The van der Waals surface area contributed by atoms with E-state index in [0.717, 1.165) is 17.7 Å². The molecule has 0 radical (unpaired) electrons. The molecule has 11 heteroatoms. The summed E-state index contributed by atoms with van der Waals surface area (Å²) >= 11 is 1.17. The maximum absolute atomic E-state index is 12.6. The highest BCUT2D eigenvalue weighted by Crippen LogP contribution is 2.20. The van der Waals surface area contributed by atoms with Gasteiger partial charge in [-0.3, -0.25) is 19.7 Å². The van der Waals surface area contributed by atoms with Crippen molar-refractivity contribution >= 4 is 40.6 Å². The Labute approximate surface area is 200 Å². The minimum absolute atomic E-state index is 0.0223. The van der Waals surface area contributed by atoms with Crippen molar-refractivity contribution < 1.29 is 14.5 Å². The van der Waals surface area contributed by atoms with Gasteiger partial charge in [0.2, 0.25) is 11.8 Å². The van der Waals surface area contributed by atoms with E-state index in [4.69, 9.17) is 0 Å². The zero-order chi connectivity index (χ0) is 24.5. The summed E-state index contributed by atoms with van der Waals surface area (Å²) in [6, 6.07) is 13.2. The number of para-hydroxylation sites is 1. The van der Waals surface area contributed by atoms with Gasteiger partial charge in [-0.05, 0) is 30.2 Å². The van der Waals surface area contributed by atoms with Crippen LogP contribution in [0.5, 0.6) is 0 Å². The number of thioether (sulfide) groups is 1. The largest absolute Gasteiger partial charge is 0.325 e. The minimum atomic E-state index is -0.506. The van der Waals surface area contributed by atoms with Crippen molar-refractivity contribution in [2.45, 2.75) is 31.5 Å². The Hall–Kier alpha value is -3.99. The number of nitrogens with one attached hydrogen (secondary N) is 2. The number of benzene rings is 2. The van der Waals surface area contributed by atoms with Gasteiger partial charge in [-0.25, -0.2) is 0 Å². The summed E-state index contributed by atoms with van der Waals surface area (Å²) in [5.74, 6) is -0.0132. The molecular formula is C23H24N6O4S. The number of rotatable bonds is 11. The average Bonchev–Trinajstić information content (AvgIpc) is 3.19. The quantitative estimate of drug-likeness (QED) is 0.184. The third kappa shape index (κ3) is 6.51. The van der Waals surface area contributed by atoms with E-state index in [0.29, 0.717) is 23.2 Å². The van der Waals surface area contributed by atoms with Gasteiger partial charge in [0, 0.05) is 30.1 Å². The fourth-order valence-corrected chi connectivity index (χ4v) is 3.92. The number of nitro groups is 1. The number of anilines is 2. The Morgan fingerprint density at radius 2 is 1.85 bits per heavy atom. The topological polar surface area (TPSA) is 132 Å². The van der Waals surface area contributed by atoms with E-state index in [-0.39, 0.29) is 29.7 Å². The highest BCUT2D eigenvalue weighted by atomic mass is 32.2. The third-order valence-electron chi connectivity index (χ3n) is 4.79. The molecule has 0 atom stereocenters. The van der Waals surface area contributed by atoms with Crippen LogP contribution in [-0.4, -0.2) is 37.3 Å². The number of carbonyl (C=O) groups is 2. The van der Waals surface area contributed by atoms with E-state index in [1.165, 1.54) is 36.0 Å². The molecule has 0 saturated carbocycles. The van der Waals surface area contributed by atoms with Crippen molar-refractivity contribution in [1.29, 1.82) is 0 Å². The first kappa shape index (κ1) is 24.6. The predicted octanol–water partition coefficient (Wildman–Crippen LogP) is 3.85. The van der Waals surface area contributed by atoms with Gasteiger partial charge in [-0.15, -0.1) is 16.8 Å². The Kier molecular flexibility index (Phi) is 8.52. The highest BCUT2D eigenvalue weighted by Gasteiger charge is 2.17. The maximum Gasteiger partial charge on any atom is 0.269 e. The Morgan fingerprint density at radius 3 is 2.53 bits per heavy atom. The van der Waals surface area contributed by atoms with Crippen LogP contribution in [0.2, 0.25) is 0 Å². The number of hydrogen-bond acceptors (Lipinski definition) is 7. The number of hydrogen-bond donors (Lipinski definition) is 2. The van der Waals surface area contributed by atoms with E-state index in [1.54, 1.807) is 10.6 Å². The summed E-state index contributed by atoms with van der Waals surface area (Å²) in [4.78, 5) is 35.2. The van der Waals surface area contributed by atoms with Crippen molar-refractivity contribution in [1.82, 2.24) is 14.8 Å². The fraction of sp³-hybridized carbons (Fsp3) is 0.217. The van der Waals surface area contributed by atoms with Crippen LogP contribution in [0.1, 0.15) is 18.3 Å². The van der Waals surface area contributed by atoms with E-state index in [1.807, 2.05) is 31.2 Å². The molecular weight excluding hydrogens is 456 g/mol. The van der Waals surface area contributed by atoms with Crippen molar-refractivity contribution in [2.75, 3.05) is 16.4 Å². The highest BCUT2D eigenvalue weighted by molar-refractivity contribution is 7.99. The zero-order valence-electron chi connectivity index (χ0n) is 18.6. The maximum atomic E-state index is 12.6. The second-order valence-corrected chi connectivity index (χ2v) is 8.12. The number of non-ortho nitro benzene ring substituents is 1. The summed E-state index contributed by atoms with van der Waals surface area (Å²) in [6.07, 6.45) is 2.48. The molecule has 0 aliphatic heterocycles. The first-order chi connectivity index (χ1) is 16.4. The molecule has 0 saturated heterocycles. The molecule has 0 unspecified atom stereocenters. The number of aromatic nitrogens is 3. The minimum Gasteiger partial charge on any atom is -0.325 e. The second kappa shape index (κ2) is 11.8. The average molecular weight is 481 g/mol. The normalized spacial score (nSPS) is 10.5. The lowest BCUT2D eigenvalue weighted by atomic mass is 10.1. The summed E-state index contributed by atoms with van der Waals surface area (Å²) in [5, 5.41) is 25.1. The van der Waals surface area contributed by atoms with Crippen LogP contribution in [0.25, 0.3) is 0 Å². The predicted molar refractivity (Wildman–Crippen MR) is 131 cm³/mol. The molecule has 2 N–H and O–H groups in total. The van der Waals surface area contributed by atoms with Crippen LogP contribution in [0, 0.1) is 10.1 Å². The molecule has 3 aromatic rings. The Balaban J connectivity index is 1.61. The van der Waals surface area contributed by atoms with Crippen LogP contribution in [0.3, 0.4) is 0 Å². The molecule has 0 aliphatic carbocycles. The van der Waals surface area contributed by atoms with Crippen molar-refractivity contribution in [3.05, 3.63) is 82.7 Å². The molecule has 0 spiro atoms. The van der Waals surface area contributed by atoms with E-state index < -0.39 is 4.92 Å². The Bertz CT molecular complexity index is 1190. The molecule has 2 aromatic carbocycles. The molecule has 0 bridgehead atoms. The second-order valence-electron chi connectivity index (χ2n) is 7.17. The smallest absolute Gasteiger partial charge is 0.269 e. The first-order valence-electron chi connectivity index (χ1n) is 10.5. The van der Waals surface area contributed by atoms with Crippen LogP contribution in [0.15, 0.2) is 66.3 Å². The number of allylic oxidation sites excluding steroid dienone is 1. The van der Waals surface area contributed by atoms with Gasteiger partial charge < -0.3 is 15.2 Å². The SMILES string of the molecule is C=CCn1c(CC(=O)Nc2ccccc2CC)nnc1SCC(=O)Nc1ccc([N+](=O)[O-])cc1. The van der Waals surface area contributed by atoms with Crippen molar-refractivity contribution in [3.8, 4) is 0 Å². The van der Waals surface area contributed by atoms with E-state index >= 15 is 0 Å². The molecule has 34 heavy (non-hydrogen) atoms. The third-order valence-corrected chi connectivity index (χ3v) is 5.76. The van der Waals surface area contributed by atoms with Gasteiger partial charge >= 0.3 is 0 Å². The Morgan fingerprint density at radius 1 is 1.12 bits per heavy atom. The first-order valence-corrected chi connectivity index (χ1v) is 11.5. The molecule has 1 heterocycles. The van der Waals surface area contributed by atoms with Crippen molar-refractivity contribution in [2.24, 2.45) is 0 Å². The fourth-order valence-electron chi connectivity index (χ4n) is 3.15. The summed E-state index contributed by atoms with van der Waals surface area (Å²) < 4.78 is 1.74. The van der Waals surface area contributed by atoms with Gasteiger partial charge in [0.1, 0.15) is 5.82 Å². The lowest BCUT2D eigenvalue weighted by Gasteiger charge is -2.11. The van der Waals surface area contributed by atoms with Gasteiger partial charge in [0.15, 0.2) is 5.16 Å². The van der Waals surface area contributed by atoms with Gasteiger partial charge in [0.05, 0.1) is 17.1 Å². The number of carbonyl (C=O) groups excluding carboxylic acids is 2. The molecule has 3 rings (SSSR count). The standard InChI is InChI=1S/C23H24N6O4S/c1-3-13-28-20(14-21(30)25-19-8-6-5-7-16(19)4-2)26-27-23(28)34-15-22(31)24-17-9-11-18(12-10-17)29(32)33/h3,5-12H,1,4,13-15H2,2H3,(H,24,31)(H,25,30).